The lowest BCUT2D eigenvalue weighted by Crippen LogP contribution is -2.13. The monoisotopic (exact) mass is 272 g/mol. The van der Waals surface area contributed by atoms with Gasteiger partial charge < -0.3 is 11.1 Å². The number of nitrogens with two attached hydrogens (primary N) is 1. The Morgan fingerprint density at radius 2 is 2.05 bits per heavy atom. The largest absolute Gasteiger partial charge is 0.397 e. The van der Waals surface area contributed by atoms with Crippen LogP contribution in [0.3, 0.4) is 0 Å². The predicted molar refractivity (Wildman–Crippen MR) is 80.5 cm³/mol. The highest BCUT2D eigenvalue weighted by molar-refractivity contribution is 5.93. The van der Waals surface area contributed by atoms with E-state index in [0.29, 0.717) is 24.2 Å². The van der Waals surface area contributed by atoms with Gasteiger partial charge in [0.2, 0.25) is 5.91 Å². The number of hydrogen-bond donors (Lipinski definition) is 2. The van der Waals surface area contributed by atoms with E-state index in [1.807, 2.05) is 37.7 Å². The van der Waals surface area contributed by atoms with Crippen LogP contribution in [0.25, 0.3) is 0 Å². The maximum Gasteiger partial charge on any atom is 0.224 e. The van der Waals surface area contributed by atoms with Gasteiger partial charge in [-0.15, -0.1) is 0 Å². The van der Waals surface area contributed by atoms with Crippen LogP contribution in [0.1, 0.15) is 23.4 Å². The second-order valence-corrected chi connectivity index (χ2v) is 4.91. The van der Waals surface area contributed by atoms with Crippen LogP contribution < -0.4 is 11.1 Å². The van der Waals surface area contributed by atoms with Crippen LogP contribution in [0.15, 0.2) is 24.3 Å². The molecule has 5 nitrogen and oxygen atoms in total. The third kappa shape index (κ3) is 2.99. The number of nitrogen functional groups attached to an aromatic ring is 1. The maximum absolute atomic E-state index is 12.0. The van der Waals surface area contributed by atoms with Gasteiger partial charge in [0.15, 0.2) is 0 Å². The van der Waals surface area contributed by atoms with Crippen molar-refractivity contribution in [2.75, 3.05) is 11.1 Å². The van der Waals surface area contributed by atoms with Crippen LogP contribution in [-0.4, -0.2) is 15.7 Å². The van der Waals surface area contributed by atoms with E-state index in [2.05, 4.69) is 10.4 Å². The van der Waals surface area contributed by atoms with Crippen molar-refractivity contribution in [3.63, 3.8) is 0 Å². The van der Waals surface area contributed by atoms with Crippen LogP contribution in [-0.2, 0) is 18.3 Å². The Bertz CT molecular complexity index is 631. The van der Waals surface area contributed by atoms with E-state index in [1.54, 1.807) is 12.1 Å². The fourth-order valence-electron chi connectivity index (χ4n) is 2.24. The molecule has 1 amide bonds. The van der Waals surface area contributed by atoms with Crippen molar-refractivity contribution in [3.8, 4) is 0 Å². The first kappa shape index (κ1) is 14.1. The summed E-state index contributed by atoms with van der Waals surface area (Å²) in [6.07, 6.45) is 1.10. The van der Waals surface area contributed by atoms with E-state index in [4.69, 9.17) is 5.73 Å². The molecule has 0 radical (unpaired) electrons. The molecule has 5 heteroatoms. The first-order chi connectivity index (χ1) is 9.49. The molecule has 106 valence electrons. The van der Waals surface area contributed by atoms with E-state index >= 15 is 0 Å². The van der Waals surface area contributed by atoms with Crippen molar-refractivity contribution in [1.29, 1.82) is 0 Å². The molecule has 0 aliphatic carbocycles. The summed E-state index contributed by atoms with van der Waals surface area (Å²) >= 11 is 0. The number of nitrogens with one attached hydrogen (secondary N) is 1. The van der Waals surface area contributed by atoms with E-state index in [0.717, 1.165) is 17.0 Å². The highest BCUT2D eigenvalue weighted by Gasteiger charge is 2.11. The Hall–Kier alpha value is -2.30. The van der Waals surface area contributed by atoms with Crippen LogP contribution in [0.4, 0.5) is 11.4 Å². The zero-order valence-corrected chi connectivity index (χ0v) is 12.1. The van der Waals surface area contributed by atoms with E-state index in [-0.39, 0.29) is 5.91 Å². The first-order valence-corrected chi connectivity index (χ1v) is 6.62. The standard InChI is InChI=1S/C15H20N4O/c1-10-12(11(2)19(3)18-10)8-9-15(20)17-14-7-5-4-6-13(14)16/h4-7H,8-9,16H2,1-3H3,(H,17,20). The zero-order valence-electron chi connectivity index (χ0n) is 12.1. The van der Waals surface area contributed by atoms with Gasteiger partial charge in [-0.05, 0) is 38.0 Å². The average Bonchev–Trinajstić information content (AvgIpc) is 2.64. The van der Waals surface area contributed by atoms with Gasteiger partial charge in [0.05, 0.1) is 17.1 Å². The topological polar surface area (TPSA) is 72.9 Å². The van der Waals surface area contributed by atoms with Gasteiger partial charge in [-0.25, -0.2) is 0 Å². The summed E-state index contributed by atoms with van der Waals surface area (Å²) in [6.45, 7) is 3.98. The fourth-order valence-corrected chi connectivity index (χ4v) is 2.24. The molecule has 0 saturated heterocycles. The SMILES string of the molecule is Cc1nn(C)c(C)c1CCC(=O)Nc1ccccc1N. The normalized spacial score (nSPS) is 10.6. The Morgan fingerprint density at radius 1 is 1.35 bits per heavy atom. The van der Waals surface area contributed by atoms with Gasteiger partial charge in [0.25, 0.3) is 0 Å². The summed E-state index contributed by atoms with van der Waals surface area (Å²) in [5, 5.41) is 7.19. The molecule has 0 fully saturated rings. The predicted octanol–water partition coefficient (Wildman–Crippen LogP) is 2.19. The molecule has 0 spiro atoms. The van der Waals surface area contributed by atoms with Crippen LogP contribution >= 0.6 is 0 Å². The number of para-hydroxylation sites is 2. The summed E-state index contributed by atoms with van der Waals surface area (Å²) in [5.41, 5.74) is 10.3. The fraction of sp³-hybridized carbons (Fsp3) is 0.333. The van der Waals surface area contributed by atoms with Crippen LogP contribution in [0, 0.1) is 13.8 Å². The Balaban J connectivity index is 1.98. The van der Waals surface area contributed by atoms with Gasteiger partial charge in [-0.2, -0.15) is 5.10 Å². The first-order valence-electron chi connectivity index (χ1n) is 6.62. The number of hydrogen-bond acceptors (Lipinski definition) is 3. The number of benzene rings is 1. The molecule has 3 N–H and O–H groups in total. The lowest BCUT2D eigenvalue weighted by molar-refractivity contribution is -0.116. The molecular weight excluding hydrogens is 252 g/mol. The molecule has 2 rings (SSSR count). The van der Waals surface area contributed by atoms with Gasteiger partial charge in [-0.1, -0.05) is 12.1 Å². The average molecular weight is 272 g/mol. The van der Waals surface area contributed by atoms with Gasteiger partial charge >= 0.3 is 0 Å². The number of nitrogens with zero attached hydrogens (tertiary/aromatic N) is 2. The van der Waals surface area contributed by atoms with Crippen LogP contribution in [0.5, 0.6) is 0 Å². The maximum atomic E-state index is 12.0. The molecule has 1 aromatic carbocycles. The molecule has 20 heavy (non-hydrogen) atoms. The Kier molecular flexibility index (Phi) is 4.08. The minimum absolute atomic E-state index is 0.0365. The number of aryl methyl sites for hydroxylation is 2. The molecule has 0 unspecified atom stereocenters. The third-order valence-electron chi connectivity index (χ3n) is 3.50. The molecule has 0 aliphatic heterocycles. The molecular formula is C15H20N4O. The van der Waals surface area contributed by atoms with E-state index in [9.17, 15) is 4.79 Å². The highest BCUT2D eigenvalue weighted by atomic mass is 16.1. The molecule has 0 bridgehead atoms. The summed E-state index contributed by atoms with van der Waals surface area (Å²) in [5.74, 6) is -0.0365. The van der Waals surface area contributed by atoms with Gasteiger partial charge in [0.1, 0.15) is 0 Å². The number of aromatic nitrogens is 2. The van der Waals surface area contributed by atoms with Crippen molar-refractivity contribution in [2.24, 2.45) is 7.05 Å². The smallest absolute Gasteiger partial charge is 0.224 e. The number of carbonyl (C=O) groups is 1. The summed E-state index contributed by atoms with van der Waals surface area (Å²) < 4.78 is 1.84. The molecule has 1 aromatic heterocycles. The second-order valence-electron chi connectivity index (χ2n) is 4.91. The van der Waals surface area contributed by atoms with Crippen LogP contribution in [0.2, 0.25) is 0 Å². The molecule has 0 saturated carbocycles. The summed E-state index contributed by atoms with van der Waals surface area (Å²) in [6, 6.07) is 7.26. The van der Waals surface area contributed by atoms with E-state index < -0.39 is 0 Å². The molecule has 1 heterocycles. The zero-order chi connectivity index (χ0) is 14.7. The van der Waals surface area contributed by atoms with Crippen molar-refractivity contribution >= 4 is 17.3 Å². The third-order valence-corrected chi connectivity index (χ3v) is 3.50. The molecule has 0 aliphatic rings. The van der Waals surface area contributed by atoms with Gasteiger partial charge in [-0.3, -0.25) is 9.48 Å². The minimum Gasteiger partial charge on any atom is -0.397 e. The highest BCUT2D eigenvalue weighted by Crippen LogP contribution is 2.18. The van der Waals surface area contributed by atoms with Crippen molar-refractivity contribution in [3.05, 3.63) is 41.2 Å². The number of amides is 1. The Morgan fingerprint density at radius 3 is 2.65 bits per heavy atom. The second kappa shape index (κ2) is 5.77. The number of anilines is 2. The summed E-state index contributed by atoms with van der Waals surface area (Å²) in [7, 11) is 1.91. The van der Waals surface area contributed by atoms with Crippen molar-refractivity contribution in [2.45, 2.75) is 26.7 Å². The lowest BCUT2D eigenvalue weighted by atomic mass is 10.1. The van der Waals surface area contributed by atoms with E-state index in [1.165, 1.54) is 0 Å². The lowest BCUT2D eigenvalue weighted by Gasteiger charge is -2.08. The minimum atomic E-state index is -0.0365. The quantitative estimate of drug-likeness (QED) is 0.838. The number of carbonyl (C=O) groups excluding carboxylic acids is 1. The molecule has 2 aromatic rings. The summed E-state index contributed by atoms with van der Waals surface area (Å²) in [4.78, 5) is 12.0. The van der Waals surface area contributed by atoms with Gasteiger partial charge in [0, 0.05) is 19.2 Å². The Labute approximate surface area is 118 Å². The molecule has 0 atom stereocenters. The van der Waals surface area contributed by atoms with Crippen molar-refractivity contribution < 1.29 is 4.79 Å². The number of rotatable bonds is 4. The van der Waals surface area contributed by atoms with Crippen molar-refractivity contribution in [1.82, 2.24) is 9.78 Å².